The van der Waals surface area contributed by atoms with Crippen molar-refractivity contribution in [3.8, 4) is 16.9 Å². The average molecular weight is 652 g/mol. The van der Waals surface area contributed by atoms with E-state index < -0.39 is 23.4 Å². The van der Waals surface area contributed by atoms with Gasteiger partial charge in [-0.1, -0.05) is 11.6 Å². The predicted octanol–water partition coefficient (Wildman–Crippen LogP) is 5.06. The topological polar surface area (TPSA) is 168 Å². The normalized spacial score (nSPS) is 14.3. The van der Waals surface area contributed by atoms with Crippen molar-refractivity contribution in [1.29, 1.82) is 5.41 Å². The number of carbonyl (C=O) groups excluding carboxylic acids is 1. The second kappa shape index (κ2) is 13.4. The van der Waals surface area contributed by atoms with Crippen molar-refractivity contribution in [3.05, 3.63) is 77.2 Å². The molecule has 0 radical (unpaired) electrons. The lowest BCUT2D eigenvalue weighted by atomic mass is 9.95. The fraction of sp³-hybridized carbons (Fsp3) is 0.194. The molecule has 1 fully saturated rings. The van der Waals surface area contributed by atoms with Crippen LogP contribution in [-0.4, -0.2) is 67.3 Å². The van der Waals surface area contributed by atoms with Crippen LogP contribution in [0.3, 0.4) is 0 Å². The molecule has 0 saturated carbocycles. The van der Waals surface area contributed by atoms with Gasteiger partial charge in [0.2, 0.25) is 0 Å². The van der Waals surface area contributed by atoms with E-state index in [0.717, 1.165) is 32.4 Å². The van der Waals surface area contributed by atoms with E-state index in [0.29, 0.717) is 34.2 Å². The number of benzene rings is 3. The molecule has 7 N–H and O–H groups in total. The van der Waals surface area contributed by atoms with Crippen LogP contribution in [0.15, 0.2) is 71.6 Å². The molecule has 1 aliphatic heterocycles. The van der Waals surface area contributed by atoms with E-state index >= 15 is 0 Å². The highest BCUT2D eigenvalue weighted by Gasteiger charge is 2.41. The molecule has 11 nitrogen and oxygen atoms in total. The quantitative estimate of drug-likeness (QED) is 0.100. The fourth-order valence-electron chi connectivity index (χ4n) is 5.08. The van der Waals surface area contributed by atoms with Gasteiger partial charge in [-0.2, -0.15) is 13.2 Å². The van der Waals surface area contributed by atoms with Gasteiger partial charge >= 0.3 is 6.18 Å². The summed E-state index contributed by atoms with van der Waals surface area (Å²) in [6.45, 7) is 3.03. The predicted molar refractivity (Wildman–Crippen MR) is 174 cm³/mol. The summed E-state index contributed by atoms with van der Waals surface area (Å²) >= 11 is 6.83. The lowest BCUT2D eigenvalue weighted by Gasteiger charge is -2.29. The Hall–Kier alpha value is -5.21. The zero-order valence-electron chi connectivity index (χ0n) is 24.5. The van der Waals surface area contributed by atoms with Gasteiger partial charge in [-0.3, -0.25) is 4.79 Å². The summed E-state index contributed by atoms with van der Waals surface area (Å²) in [6, 6.07) is 11.7. The van der Waals surface area contributed by atoms with Crippen molar-refractivity contribution >= 4 is 63.2 Å². The van der Waals surface area contributed by atoms with Gasteiger partial charge < -0.3 is 37.1 Å². The largest absolute Gasteiger partial charge is 0.497 e. The minimum atomic E-state index is -5.05. The number of ether oxygens (including phenoxy) is 1. The number of amides is 1. The molecule has 0 bridgehead atoms. The third-order valence-corrected chi connectivity index (χ3v) is 7.62. The molecular formula is C31H29ClF3N9O2. The first-order chi connectivity index (χ1) is 22.0. The number of fused-ring (bicyclic) bond motifs is 1. The number of anilines is 3. The number of rotatable bonds is 8. The van der Waals surface area contributed by atoms with Crippen LogP contribution >= 0.6 is 11.6 Å². The minimum absolute atomic E-state index is 0.0284. The van der Waals surface area contributed by atoms with Gasteiger partial charge in [0, 0.05) is 77.1 Å². The molecule has 4 aromatic rings. The van der Waals surface area contributed by atoms with E-state index in [1.54, 1.807) is 12.1 Å². The molecule has 15 heteroatoms. The maximum absolute atomic E-state index is 14.3. The van der Waals surface area contributed by atoms with Gasteiger partial charge in [0.25, 0.3) is 5.91 Å². The molecule has 1 amide bonds. The van der Waals surface area contributed by atoms with E-state index in [9.17, 15) is 18.0 Å². The number of halogens is 4. The number of nitrogens with one attached hydrogen (secondary N) is 3. The van der Waals surface area contributed by atoms with Crippen LogP contribution in [0.25, 0.3) is 22.0 Å². The zero-order chi connectivity index (χ0) is 33.0. The molecule has 0 unspecified atom stereocenters. The van der Waals surface area contributed by atoms with Crippen LogP contribution in [0.5, 0.6) is 5.75 Å². The van der Waals surface area contributed by atoms with Gasteiger partial charge in [-0.15, -0.1) is 0 Å². The molecular weight excluding hydrogens is 623 g/mol. The molecule has 0 aliphatic carbocycles. The molecule has 1 saturated heterocycles. The van der Waals surface area contributed by atoms with E-state index in [1.165, 1.54) is 49.8 Å². The van der Waals surface area contributed by atoms with Crippen molar-refractivity contribution in [2.24, 2.45) is 10.7 Å². The smallest absolute Gasteiger partial charge is 0.434 e. The first-order valence-corrected chi connectivity index (χ1v) is 14.3. The van der Waals surface area contributed by atoms with Gasteiger partial charge in [0.05, 0.1) is 23.9 Å². The van der Waals surface area contributed by atoms with E-state index in [2.05, 4.69) is 30.5 Å². The standard InChI is InChI=1S/C31H29ClF3N9O2/c1-46-18-4-2-17(3-5-18)42-28(31(33,34)35)22(15-37)30(45)43-25-7-6-24(38)21(14-36)27(25)19-13-26-20(12-23(19)32)29(41-16-40-26)44-10-8-39-9-11-44/h2-7,12-16,36,39H,8-11,37-38H2,1H3,(H,43,45). The van der Waals surface area contributed by atoms with Crippen LogP contribution in [0.4, 0.5) is 36.1 Å². The summed E-state index contributed by atoms with van der Waals surface area (Å²) in [4.78, 5) is 28.2. The Balaban J connectivity index is 1.58. The Kier molecular flexibility index (Phi) is 9.39. The summed E-state index contributed by atoms with van der Waals surface area (Å²) in [5.74, 6) is -0.0901. The Bertz CT molecular complexity index is 1860. The number of hydrogen-bond donors (Lipinski definition) is 5. The maximum atomic E-state index is 14.3. The molecule has 0 atom stereocenters. The monoisotopic (exact) mass is 651 g/mol. The van der Waals surface area contributed by atoms with E-state index in [-0.39, 0.29) is 33.2 Å². The van der Waals surface area contributed by atoms with Gasteiger partial charge in [-0.25, -0.2) is 15.0 Å². The number of nitrogens with zero attached hydrogens (tertiary/aromatic N) is 4. The number of hydrogen-bond acceptors (Lipinski definition) is 10. The third-order valence-electron chi connectivity index (χ3n) is 7.31. The number of alkyl halides is 3. The Labute approximate surface area is 266 Å². The number of nitrogen functional groups attached to an aromatic ring is 1. The SMILES string of the molecule is COc1ccc(N=C(C(=CN)C(=O)Nc2ccc(N)c(C=N)c2-c2cc3ncnc(N4CCNCC4)c3cc2Cl)C(F)(F)F)cc1. The Morgan fingerprint density at radius 1 is 1.15 bits per heavy atom. The van der Waals surface area contributed by atoms with Gasteiger partial charge in [0.1, 0.15) is 17.9 Å². The molecule has 2 heterocycles. The van der Waals surface area contributed by atoms with E-state index in [4.69, 9.17) is 33.2 Å². The van der Waals surface area contributed by atoms with E-state index in [1.807, 2.05) is 0 Å². The molecule has 5 rings (SSSR count). The highest BCUT2D eigenvalue weighted by molar-refractivity contribution is 6.35. The summed E-state index contributed by atoms with van der Waals surface area (Å²) in [5.41, 5.74) is 10.7. The van der Waals surface area contributed by atoms with Crippen LogP contribution in [0.2, 0.25) is 5.02 Å². The molecule has 0 spiro atoms. The third kappa shape index (κ3) is 6.57. The number of nitrogens with two attached hydrogens (primary N) is 2. The highest BCUT2D eigenvalue weighted by atomic mass is 35.5. The second-order valence-corrected chi connectivity index (χ2v) is 10.5. The number of carbonyl (C=O) groups is 1. The average Bonchev–Trinajstić information content (AvgIpc) is 3.05. The summed E-state index contributed by atoms with van der Waals surface area (Å²) in [6.07, 6.45) is -2.11. The number of piperazine rings is 1. The summed E-state index contributed by atoms with van der Waals surface area (Å²) in [5, 5.41) is 14.8. The molecule has 238 valence electrons. The molecule has 3 aromatic carbocycles. The highest BCUT2D eigenvalue weighted by Crippen LogP contribution is 2.41. The van der Waals surface area contributed by atoms with Crippen LogP contribution in [-0.2, 0) is 4.79 Å². The zero-order valence-corrected chi connectivity index (χ0v) is 25.2. The lowest BCUT2D eigenvalue weighted by molar-refractivity contribution is -0.113. The maximum Gasteiger partial charge on any atom is 0.434 e. The first kappa shape index (κ1) is 32.2. The Morgan fingerprint density at radius 3 is 2.50 bits per heavy atom. The summed E-state index contributed by atoms with van der Waals surface area (Å²) < 4.78 is 47.8. The van der Waals surface area contributed by atoms with Crippen LogP contribution in [0, 0.1) is 5.41 Å². The summed E-state index contributed by atoms with van der Waals surface area (Å²) in [7, 11) is 1.41. The lowest BCUT2D eigenvalue weighted by Crippen LogP contribution is -2.44. The van der Waals surface area contributed by atoms with Crippen LogP contribution in [0.1, 0.15) is 5.56 Å². The molecule has 46 heavy (non-hydrogen) atoms. The fourth-order valence-corrected chi connectivity index (χ4v) is 5.34. The van der Waals surface area contributed by atoms with Crippen molar-refractivity contribution in [2.45, 2.75) is 6.18 Å². The van der Waals surface area contributed by atoms with Crippen molar-refractivity contribution in [2.75, 3.05) is 49.2 Å². The number of aliphatic imine (C=N–C) groups is 1. The molecule has 1 aliphatic rings. The van der Waals surface area contributed by atoms with Gasteiger partial charge in [0.15, 0.2) is 5.71 Å². The van der Waals surface area contributed by atoms with Crippen molar-refractivity contribution < 1.29 is 22.7 Å². The molecule has 1 aromatic heterocycles. The van der Waals surface area contributed by atoms with Crippen molar-refractivity contribution in [3.63, 3.8) is 0 Å². The number of aromatic nitrogens is 2. The van der Waals surface area contributed by atoms with Crippen LogP contribution < -0.4 is 31.7 Å². The second-order valence-electron chi connectivity index (χ2n) is 10.1. The first-order valence-electron chi connectivity index (χ1n) is 13.9. The van der Waals surface area contributed by atoms with Gasteiger partial charge in [-0.05, 0) is 48.5 Å². The van der Waals surface area contributed by atoms with Crippen molar-refractivity contribution in [1.82, 2.24) is 15.3 Å². The Morgan fingerprint density at radius 2 is 1.87 bits per heavy atom. The minimum Gasteiger partial charge on any atom is -0.497 e. The number of methoxy groups -OCH3 is 1.